The van der Waals surface area contributed by atoms with Crippen molar-refractivity contribution < 1.29 is 19.1 Å². The van der Waals surface area contributed by atoms with Crippen LogP contribution in [0.1, 0.15) is 27.2 Å². The van der Waals surface area contributed by atoms with E-state index < -0.39 is 23.7 Å². The maximum atomic E-state index is 11.2. The molecule has 16 heavy (non-hydrogen) atoms. The van der Waals surface area contributed by atoms with Gasteiger partial charge in [-0.15, -0.1) is 0 Å². The number of carbonyl (C=O) groups is 2. The number of esters is 1. The Hall–Kier alpha value is -1.30. The predicted octanol–water partition coefficient (Wildman–Crippen LogP) is 0.401. The van der Waals surface area contributed by atoms with E-state index in [0.29, 0.717) is 6.42 Å². The van der Waals surface area contributed by atoms with Crippen molar-refractivity contribution in [1.29, 1.82) is 0 Å². The second-order valence-electron chi connectivity index (χ2n) is 4.35. The largest absolute Gasteiger partial charge is 0.468 e. The van der Waals surface area contributed by atoms with E-state index in [1.54, 1.807) is 20.8 Å². The second-order valence-corrected chi connectivity index (χ2v) is 4.35. The van der Waals surface area contributed by atoms with Crippen molar-refractivity contribution in [1.82, 2.24) is 5.32 Å². The lowest BCUT2D eigenvalue weighted by molar-refractivity contribution is -0.142. The molecule has 0 aromatic rings. The summed E-state index contributed by atoms with van der Waals surface area (Å²) in [6, 6.07) is -0.722. The van der Waals surface area contributed by atoms with Gasteiger partial charge in [0.2, 0.25) is 0 Å². The molecule has 6 heteroatoms. The average Bonchev–Trinajstić information content (AvgIpc) is 2.13. The Bertz CT molecular complexity index is 248. The van der Waals surface area contributed by atoms with Gasteiger partial charge < -0.3 is 20.5 Å². The molecule has 0 radical (unpaired) electrons. The summed E-state index contributed by atoms with van der Waals surface area (Å²) in [5.41, 5.74) is 4.94. The number of hydrogen-bond acceptors (Lipinski definition) is 5. The Morgan fingerprint density at radius 1 is 1.38 bits per heavy atom. The Labute approximate surface area is 95.5 Å². The second kappa shape index (κ2) is 6.32. The number of nitrogens with two attached hydrogens (primary N) is 1. The fourth-order valence-corrected chi connectivity index (χ4v) is 0.913. The number of alkyl carbamates (subject to hydrolysis) is 1. The summed E-state index contributed by atoms with van der Waals surface area (Å²) in [6.45, 7) is 5.58. The molecule has 94 valence electrons. The molecule has 1 atom stereocenters. The summed E-state index contributed by atoms with van der Waals surface area (Å²) < 4.78 is 9.44. The molecule has 0 unspecified atom stereocenters. The summed E-state index contributed by atoms with van der Waals surface area (Å²) in [7, 11) is 1.27. The van der Waals surface area contributed by atoms with Crippen LogP contribution in [0.15, 0.2) is 0 Å². The van der Waals surface area contributed by atoms with Crippen LogP contribution in [-0.4, -0.2) is 37.4 Å². The third-order valence-electron chi connectivity index (χ3n) is 1.63. The summed E-state index contributed by atoms with van der Waals surface area (Å²) >= 11 is 0. The van der Waals surface area contributed by atoms with Crippen LogP contribution in [0.5, 0.6) is 0 Å². The van der Waals surface area contributed by atoms with Crippen molar-refractivity contribution in [3.63, 3.8) is 0 Å². The minimum absolute atomic E-state index is 0.269. The number of ether oxygens (including phenoxy) is 2. The first kappa shape index (κ1) is 14.7. The maximum Gasteiger partial charge on any atom is 0.407 e. The highest BCUT2D eigenvalue weighted by Crippen LogP contribution is 2.06. The SMILES string of the molecule is COC(=O)[C@H](N)CCNC(=O)OC(C)(C)C. The fraction of sp³-hybridized carbons (Fsp3) is 0.800. The zero-order valence-electron chi connectivity index (χ0n) is 10.2. The van der Waals surface area contributed by atoms with Gasteiger partial charge in [0.15, 0.2) is 0 Å². The van der Waals surface area contributed by atoms with E-state index in [-0.39, 0.29) is 6.54 Å². The molecular formula is C10H20N2O4. The van der Waals surface area contributed by atoms with Gasteiger partial charge in [0.25, 0.3) is 0 Å². The van der Waals surface area contributed by atoms with Gasteiger partial charge in [-0.3, -0.25) is 4.79 Å². The molecule has 0 aromatic carbocycles. The number of carbonyl (C=O) groups excluding carboxylic acids is 2. The molecule has 0 aromatic heterocycles. The molecule has 6 nitrogen and oxygen atoms in total. The van der Waals surface area contributed by atoms with E-state index in [4.69, 9.17) is 10.5 Å². The van der Waals surface area contributed by atoms with Crippen LogP contribution in [-0.2, 0) is 14.3 Å². The quantitative estimate of drug-likeness (QED) is 0.685. The van der Waals surface area contributed by atoms with E-state index in [9.17, 15) is 9.59 Å². The lowest BCUT2D eigenvalue weighted by Crippen LogP contribution is -2.38. The summed E-state index contributed by atoms with van der Waals surface area (Å²) in [5.74, 6) is -0.494. The third kappa shape index (κ3) is 7.05. The van der Waals surface area contributed by atoms with Crippen LogP contribution in [0, 0.1) is 0 Å². The van der Waals surface area contributed by atoms with Crippen LogP contribution >= 0.6 is 0 Å². The van der Waals surface area contributed by atoms with E-state index in [0.717, 1.165) is 0 Å². The number of amides is 1. The van der Waals surface area contributed by atoms with Gasteiger partial charge in [0.05, 0.1) is 7.11 Å². The number of hydrogen-bond donors (Lipinski definition) is 2. The first-order chi connectivity index (χ1) is 7.26. The number of rotatable bonds is 4. The standard InChI is InChI=1S/C10H20N2O4/c1-10(2,3)16-9(14)12-6-5-7(11)8(13)15-4/h7H,5-6,11H2,1-4H3,(H,12,14)/t7-/m1/s1. The van der Waals surface area contributed by atoms with Crippen LogP contribution in [0.3, 0.4) is 0 Å². The molecule has 0 saturated heterocycles. The van der Waals surface area contributed by atoms with Crippen LogP contribution in [0.4, 0.5) is 4.79 Å². The number of nitrogens with one attached hydrogen (secondary N) is 1. The molecule has 1 amide bonds. The van der Waals surface area contributed by atoms with E-state index in [1.807, 2.05) is 0 Å². The molecule has 0 saturated carbocycles. The van der Waals surface area contributed by atoms with Crippen LogP contribution in [0.2, 0.25) is 0 Å². The highest BCUT2D eigenvalue weighted by Gasteiger charge is 2.17. The Morgan fingerprint density at radius 2 is 1.94 bits per heavy atom. The van der Waals surface area contributed by atoms with Crippen LogP contribution in [0.25, 0.3) is 0 Å². The average molecular weight is 232 g/mol. The van der Waals surface area contributed by atoms with Crippen molar-refractivity contribution in [3.05, 3.63) is 0 Å². The van der Waals surface area contributed by atoms with Gasteiger partial charge in [-0.05, 0) is 27.2 Å². The van der Waals surface area contributed by atoms with Crippen molar-refractivity contribution in [2.75, 3.05) is 13.7 Å². The minimum atomic E-state index is -0.722. The first-order valence-electron chi connectivity index (χ1n) is 5.06. The zero-order chi connectivity index (χ0) is 12.8. The third-order valence-corrected chi connectivity index (χ3v) is 1.63. The molecular weight excluding hydrogens is 212 g/mol. The van der Waals surface area contributed by atoms with Gasteiger partial charge in [0, 0.05) is 6.54 Å². The van der Waals surface area contributed by atoms with Gasteiger partial charge in [-0.1, -0.05) is 0 Å². The van der Waals surface area contributed by atoms with Gasteiger partial charge in [-0.2, -0.15) is 0 Å². The highest BCUT2D eigenvalue weighted by atomic mass is 16.6. The predicted molar refractivity (Wildman–Crippen MR) is 58.8 cm³/mol. The molecule has 0 fully saturated rings. The lowest BCUT2D eigenvalue weighted by Gasteiger charge is -2.19. The molecule has 3 N–H and O–H groups in total. The first-order valence-corrected chi connectivity index (χ1v) is 5.06. The van der Waals surface area contributed by atoms with E-state index in [2.05, 4.69) is 10.1 Å². The Morgan fingerprint density at radius 3 is 2.38 bits per heavy atom. The molecule has 0 rings (SSSR count). The van der Waals surface area contributed by atoms with Crippen molar-refractivity contribution in [2.45, 2.75) is 38.8 Å². The monoisotopic (exact) mass is 232 g/mol. The van der Waals surface area contributed by atoms with E-state index >= 15 is 0 Å². The van der Waals surface area contributed by atoms with Gasteiger partial charge in [-0.25, -0.2) is 4.79 Å². The van der Waals surface area contributed by atoms with Crippen molar-refractivity contribution in [3.8, 4) is 0 Å². The van der Waals surface area contributed by atoms with Crippen LogP contribution < -0.4 is 11.1 Å². The molecule has 0 aliphatic carbocycles. The van der Waals surface area contributed by atoms with Gasteiger partial charge >= 0.3 is 12.1 Å². The molecule has 0 aliphatic rings. The maximum absolute atomic E-state index is 11.2. The number of methoxy groups -OCH3 is 1. The Balaban J connectivity index is 3.74. The highest BCUT2D eigenvalue weighted by molar-refractivity contribution is 5.75. The Kier molecular flexibility index (Phi) is 5.81. The smallest absolute Gasteiger partial charge is 0.407 e. The van der Waals surface area contributed by atoms with Crippen molar-refractivity contribution >= 4 is 12.1 Å². The summed E-state index contributed by atoms with van der Waals surface area (Å²) in [4.78, 5) is 22.1. The minimum Gasteiger partial charge on any atom is -0.468 e. The molecule has 0 heterocycles. The molecule has 0 spiro atoms. The molecule has 0 aliphatic heterocycles. The zero-order valence-corrected chi connectivity index (χ0v) is 10.2. The van der Waals surface area contributed by atoms with Gasteiger partial charge in [0.1, 0.15) is 11.6 Å². The van der Waals surface area contributed by atoms with Crippen molar-refractivity contribution in [2.24, 2.45) is 5.73 Å². The normalized spacial score (nSPS) is 12.8. The summed E-state index contributed by atoms with van der Waals surface area (Å²) in [5, 5.41) is 2.50. The fourth-order valence-electron chi connectivity index (χ4n) is 0.913. The lowest BCUT2D eigenvalue weighted by atomic mass is 10.2. The van der Waals surface area contributed by atoms with E-state index in [1.165, 1.54) is 7.11 Å². The molecule has 0 bridgehead atoms. The topological polar surface area (TPSA) is 90.6 Å². The summed E-state index contributed by atoms with van der Waals surface area (Å²) in [6.07, 6.45) is -0.212.